The summed E-state index contributed by atoms with van der Waals surface area (Å²) in [5.41, 5.74) is 3.47. The van der Waals surface area contributed by atoms with E-state index in [1.54, 1.807) is 34.6 Å². The van der Waals surface area contributed by atoms with Crippen molar-refractivity contribution in [2.24, 2.45) is 17.8 Å². The van der Waals surface area contributed by atoms with Gasteiger partial charge >= 0.3 is 5.97 Å². The Morgan fingerprint density at radius 3 is 2.62 bits per heavy atom. The maximum absolute atomic E-state index is 15.0. The quantitative estimate of drug-likeness (QED) is 0.359. The minimum absolute atomic E-state index is 0.000352. The third-order valence-electron chi connectivity index (χ3n) is 8.90. The molecule has 0 radical (unpaired) electrons. The summed E-state index contributed by atoms with van der Waals surface area (Å²) in [5.74, 6) is -2.19. The van der Waals surface area contributed by atoms with Gasteiger partial charge in [-0.25, -0.2) is 0 Å². The highest BCUT2D eigenvalue weighted by Gasteiger charge is 2.77. The molecule has 2 bridgehead atoms. The topological polar surface area (TPSA) is 87.2 Å². The van der Waals surface area contributed by atoms with E-state index in [1.165, 1.54) is 0 Å². The van der Waals surface area contributed by atoms with Gasteiger partial charge in [0.25, 0.3) is 5.91 Å². The standard InChI is InChI=1S/C32H38N2O5S/c1-6-15-33(23-16-19(3)13-14-20(23)4)30(37)28-32-21(5)17-25(40-32)26(31(38)39-7-2)27(32)29(36)34(28)24(18-35)22-11-9-8-10-12-22/h6,8-14,16,21,24-28,35H,1,7,15,17-18H2,2-5H3/t21?,24-,25+,26-,27+,28?,32?/m1/s1. The van der Waals surface area contributed by atoms with Gasteiger partial charge in [-0.3, -0.25) is 14.4 Å². The summed E-state index contributed by atoms with van der Waals surface area (Å²) in [7, 11) is 0. The van der Waals surface area contributed by atoms with Crippen molar-refractivity contribution in [3.05, 3.63) is 77.9 Å². The molecule has 0 saturated carbocycles. The SMILES string of the molecule is C=CCN(C(=O)C1N([C@H](CO)c2ccccc2)C(=O)[C@@H]2[C@H](C(=O)OCC)[C@@H]3CC(C)C12S3)c1cc(C)ccc1C. The van der Waals surface area contributed by atoms with Gasteiger partial charge in [-0.15, -0.1) is 18.3 Å². The third-order valence-corrected chi connectivity index (χ3v) is 11.0. The lowest BCUT2D eigenvalue weighted by Gasteiger charge is -2.42. The molecule has 40 heavy (non-hydrogen) atoms. The van der Waals surface area contributed by atoms with Crippen LogP contribution in [0.15, 0.2) is 61.2 Å². The summed E-state index contributed by atoms with van der Waals surface area (Å²) < 4.78 is 4.65. The highest BCUT2D eigenvalue weighted by molar-refractivity contribution is 8.02. The summed E-state index contributed by atoms with van der Waals surface area (Å²) in [6.07, 6.45) is 2.41. The molecule has 1 N–H and O–H groups in total. The van der Waals surface area contributed by atoms with Crippen LogP contribution in [-0.2, 0) is 19.1 Å². The number of nitrogens with zero attached hydrogens (tertiary/aromatic N) is 2. The monoisotopic (exact) mass is 562 g/mol. The number of benzene rings is 2. The predicted octanol–water partition coefficient (Wildman–Crippen LogP) is 4.46. The molecule has 2 amide bonds. The van der Waals surface area contributed by atoms with Crippen molar-refractivity contribution in [3.8, 4) is 0 Å². The zero-order valence-electron chi connectivity index (χ0n) is 23.6. The fourth-order valence-electron chi connectivity index (χ4n) is 7.20. The second-order valence-electron chi connectivity index (χ2n) is 11.2. The van der Waals surface area contributed by atoms with E-state index in [1.807, 2.05) is 62.4 Å². The van der Waals surface area contributed by atoms with Crippen LogP contribution in [-0.4, -0.2) is 63.6 Å². The highest BCUT2D eigenvalue weighted by Crippen LogP contribution is 2.69. The van der Waals surface area contributed by atoms with E-state index in [0.717, 1.165) is 28.8 Å². The average Bonchev–Trinajstić information content (AvgIpc) is 3.54. The molecule has 3 unspecified atom stereocenters. The third kappa shape index (κ3) is 4.27. The van der Waals surface area contributed by atoms with Crippen molar-refractivity contribution in [1.82, 2.24) is 4.90 Å². The first-order valence-corrected chi connectivity index (χ1v) is 14.9. The van der Waals surface area contributed by atoms with E-state index >= 15 is 0 Å². The number of likely N-dealkylation sites (tertiary alicyclic amines) is 1. The number of aryl methyl sites for hydroxylation is 2. The number of carbonyl (C=O) groups is 3. The first kappa shape index (κ1) is 28.4. The van der Waals surface area contributed by atoms with E-state index in [4.69, 9.17) is 4.74 Å². The van der Waals surface area contributed by atoms with E-state index in [2.05, 4.69) is 13.5 Å². The number of aliphatic hydroxyl groups is 1. The van der Waals surface area contributed by atoms with Gasteiger partial charge in [-0.05, 0) is 55.9 Å². The van der Waals surface area contributed by atoms with Crippen molar-refractivity contribution < 1.29 is 24.2 Å². The molecule has 0 aliphatic carbocycles. The molecule has 8 heteroatoms. The number of hydrogen-bond donors (Lipinski definition) is 1. The van der Waals surface area contributed by atoms with Crippen LogP contribution in [0.3, 0.4) is 0 Å². The molecular weight excluding hydrogens is 524 g/mol. The van der Waals surface area contributed by atoms with Crippen LogP contribution in [0.25, 0.3) is 0 Å². The molecule has 3 aliphatic rings. The van der Waals surface area contributed by atoms with Crippen molar-refractivity contribution in [2.45, 2.75) is 56.2 Å². The lowest BCUT2D eigenvalue weighted by atomic mass is 9.66. The minimum atomic E-state index is -0.883. The smallest absolute Gasteiger partial charge is 0.310 e. The maximum Gasteiger partial charge on any atom is 0.310 e. The van der Waals surface area contributed by atoms with Crippen molar-refractivity contribution in [2.75, 3.05) is 24.7 Å². The Balaban J connectivity index is 1.70. The molecule has 7 nitrogen and oxygen atoms in total. The van der Waals surface area contributed by atoms with E-state index in [-0.39, 0.29) is 48.7 Å². The van der Waals surface area contributed by atoms with Gasteiger partial charge in [-0.2, -0.15) is 0 Å². The summed E-state index contributed by atoms with van der Waals surface area (Å²) >= 11 is 1.61. The van der Waals surface area contributed by atoms with E-state index in [9.17, 15) is 19.5 Å². The van der Waals surface area contributed by atoms with Gasteiger partial charge in [0.15, 0.2) is 0 Å². The lowest BCUT2D eigenvalue weighted by molar-refractivity contribution is -0.154. The molecule has 3 aliphatic heterocycles. The number of ether oxygens (including phenoxy) is 1. The Bertz CT molecular complexity index is 1320. The van der Waals surface area contributed by atoms with Crippen LogP contribution >= 0.6 is 11.8 Å². The van der Waals surface area contributed by atoms with Gasteiger partial charge < -0.3 is 19.6 Å². The predicted molar refractivity (Wildman–Crippen MR) is 157 cm³/mol. The number of anilines is 1. The molecule has 3 heterocycles. The van der Waals surface area contributed by atoms with E-state index in [0.29, 0.717) is 0 Å². The first-order chi connectivity index (χ1) is 19.2. The second-order valence-corrected chi connectivity index (χ2v) is 12.7. The van der Waals surface area contributed by atoms with Crippen LogP contribution in [0.4, 0.5) is 5.69 Å². The van der Waals surface area contributed by atoms with Gasteiger partial charge in [0.05, 0.1) is 35.8 Å². The van der Waals surface area contributed by atoms with Crippen molar-refractivity contribution in [3.63, 3.8) is 0 Å². The molecule has 3 saturated heterocycles. The summed E-state index contributed by atoms with van der Waals surface area (Å²) in [6, 6.07) is 13.7. The van der Waals surface area contributed by atoms with Gasteiger partial charge in [-0.1, -0.05) is 55.5 Å². The maximum atomic E-state index is 15.0. The first-order valence-electron chi connectivity index (χ1n) is 14.0. The average molecular weight is 563 g/mol. The molecule has 5 rings (SSSR count). The van der Waals surface area contributed by atoms with E-state index < -0.39 is 28.7 Å². The van der Waals surface area contributed by atoms with Crippen molar-refractivity contribution in [1.29, 1.82) is 0 Å². The Kier molecular flexibility index (Phi) is 7.86. The number of thioether (sulfide) groups is 1. The molecular formula is C32H38N2O5S. The van der Waals surface area contributed by atoms with Crippen LogP contribution in [0, 0.1) is 31.6 Å². The van der Waals surface area contributed by atoms with Gasteiger partial charge in [0.1, 0.15) is 6.04 Å². The molecule has 2 aromatic carbocycles. The number of amides is 2. The number of rotatable bonds is 9. The molecule has 2 aromatic rings. The summed E-state index contributed by atoms with van der Waals surface area (Å²) in [4.78, 5) is 46.1. The number of esters is 1. The minimum Gasteiger partial charge on any atom is -0.466 e. The molecule has 0 aromatic heterocycles. The highest BCUT2D eigenvalue weighted by atomic mass is 32.2. The molecule has 1 spiro atoms. The van der Waals surface area contributed by atoms with Gasteiger partial charge in [0.2, 0.25) is 5.91 Å². The Morgan fingerprint density at radius 1 is 1.25 bits per heavy atom. The zero-order chi connectivity index (χ0) is 28.8. The van der Waals surface area contributed by atoms with Crippen LogP contribution in [0.1, 0.15) is 43.0 Å². The van der Waals surface area contributed by atoms with Gasteiger partial charge in [0, 0.05) is 17.5 Å². The molecule has 3 fully saturated rings. The fraction of sp³-hybridized carbons (Fsp3) is 0.469. The number of hydrogen-bond acceptors (Lipinski definition) is 6. The lowest BCUT2D eigenvalue weighted by Crippen LogP contribution is -2.58. The number of aliphatic hydroxyl groups excluding tert-OH is 1. The Hall–Kier alpha value is -3.10. The van der Waals surface area contributed by atoms with Crippen LogP contribution < -0.4 is 4.90 Å². The summed E-state index contributed by atoms with van der Waals surface area (Å²) in [5, 5.41) is 10.6. The largest absolute Gasteiger partial charge is 0.466 e. The molecule has 212 valence electrons. The van der Waals surface area contributed by atoms with Crippen molar-refractivity contribution >= 4 is 35.2 Å². The Labute approximate surface area is 240 Å². The zero-order valence-corrected chi connectivity index (χ0v) is 24.4. The molecule has 7 atom stereocenters. The fourth-order valence-corrected chi connectivity index (χ4v) is 9.59. The number of carbonyl (C=O) groups excluding carboxylic acids is 3. The van der Waals surface area contributed by atoms with Crippen LogP contribution in [0.2, 0.25) is 0 Å². The normalized spacial score (nSPS) is 29.3. The number of fused-ring (bicyclic) bond motifs is 1. The van der Waals surface area contributed by atoms with Crippen LogP contribution in [0.5, 0.6) is 0 Å². The summed E-state index contributed by atoms with van der Waals surface area (Å²) in [6.45, 7) is 11.9. The Morgan fingerprint density at radius 2 is 1.98 bits per heavy atom. The second kappa shape index (κ2) is 11.1.